The monoisotopic (exact) mass is 448 g/mol. The van der Waals surface area contributed by atoms with Gasteiger partial charge >= 0.3 is 0 Å². The minimum absolute atomic E-state index is 0.00134. The molecule has 6 fully saturated rings. The van der Waals surface area contributed by atoms with E-state index in [1.54, 1.807) is 0 Å². The third-order valence-corrected chi connectivity index (χ3v) is 11.7. The SMILES string of the molecule is CC1(C)CO[C@]2(C1)O[C@H]1C[C@H]3[C@@H]4CC[C@H]5C[C@H](O)CC[C@]5(C)[C@H]4[C@@H](O)C[C@]3(C)[C@H]1[C@@]2(C)O. The molecule has 182 valence electrons. The molecule has 6 aliphatic rings. The molecule has 4 saturated carbocycles. The average molecular weight is 449 g/mol. The van der Waals surface area contributed by atoms with Crippen molar-refractivity contribution in [3.63, 3.8) is 0 Å². The summed E-state index contributed by atoms with van der Waals surface area (Å²) in [5, 5.41) is 34.0. The molecule has 0 bridgehead atoms. The fourth-order valence-corrected chi connectivity index (χ4v) is 10.5. The van der Waals surface area contributed by atoms with E-state index in [9.17, 15) is 15.3 Å². The third kappa shape index (κ3) is 2.64. The summed E-state index contributed by atoms with van der Waals surface area (Å²) in [7, 11) is 0. The third-order valence-electron chi connectivity index (χ3n) is 11.7. The first-order valence-corrected chi connectivity index (χ1v) is 13.2. The first-order chi connectivity index (χ1) is 14.8. The molecule has 1 spiro atoms. The molecule has 5 nitrogen and oxygen atoms in total. The van der Waals surface area contributed by atoms with Crippen molar-refractivity contribution in [2.24, 2.45) is 45.8 Å². The van der Waals surface area contributed by atoms with Gasteiger partial charge in [-0.3, -0.25) is 0 Å². The maximum Gasteiger partial charge on any atom is 0.198 e. The van der Waals surface area contributed by atoms with Crippen molar-refractivity contribution >= 4 is 0 Å². The lowest BCUT2D eigenvalue weighted by Gasteiger charge is -2.63. The first kappa shape index (κ1) is 22.3. The number of ether oxygens (including phenoxy) is 2. The molecule has 0 unspecified atom stereocenters. The number of rotatable bonds is 0. The molecule has 0 aromatic heterocycles. The van der Waals surface area contributed by atoms with Crippen molar-refractivity contribution in [2.75, 3.05) is 6.61 Å². The van der Waals surface area contributed by atoms with E-state index in [1.807, 2.05) is 6.92 Å². The van der Waals surface area contributed by atoms with Gasteiger partial charge in [0.25, 0.3) is 0 Å². The summed E-state index contributed by atoms with van der Waals surface area (Å²) in [6.07, 6.45) is 6.98. The van der Waals surface area contributed by atoms with Crippen LogP contribution in [0.4, 0.5) is 0 Å². The van der Waals surface area contributed by atoms with Gasteiger partial charge in [-0.05, 0) is 91.8 Å². The number of hydrogen-bond acceptors (Lipinski definition) is 5. The molecule has 0 amide bonds. The Labute approximate surface area is 193 Å². The topological polar surface area (TPSA) is 79.2 Å². The van der Waals surface area contributed by atoms with E-state index < -0.39 is 11.4 Å². The van der Waals surface area contributed by atoms with Crippen LogP contribution >= 0.6 is 0 Å². The fraction of sp³-hybridized carbons (Fsp3) is 1.00. The van der Waals surface area contributed by atoms with Gasteiger partial charge in [0.15, 0.2) is 5.79 Å². The molecule has 6 rings (SSSR count). The molecule has 0 radical (unpaired) electrons. The number of aliphatic hydroxyl groups is 3. The zero-order valence-electron chi connectivity index (χ0n) is 20.6. The number of fused-ring (bicyclic) bond motifs is 7. The fourth-order valence-electron chi connectivity index (χ4n) is 10.5. The van der Waals surface area contributed by atoms with Crippen molar-refractivity contribution in [2.45, 2.75) is 116 Å². The largest absolute Gasteiger partial charge is 0.393 e. The molecule has 5 heteroatoms. The van der Waals surface area contributed by atoms with Crippen molar-refractivity contribution in [3.05, 3.63) is 0 Å². The predicted octanol–water partition coefficient (Wildman–Crippen LogP) is 3.88. The summed E-state index contributed by atoms with van der Waals surface area (Å²) in [4.78, 5) is 0. The lowest BCUT2D eigenvalue weighted by Crippen LogP contribution is -2.62. The summed E-state index contributed by atoms with van der Waals surface area (Å²) < 4.78 is 13.0. The van der Waals surface area contributed by atoms with Gasteiger partial charge in [0.2, 0.25) is 0 Å². The van der Waals surface area contributed by atoms with E-state index in [1.165, 1.54) is 0 Å². The summed E-state index contributed by atoms with van der Waals surface area (Å²) in [5.74, 6) is 0.833. The van der Waals surface area contributed by atoms with Gasteiger partial charge in [-0.15, -0.1) is 0 Å². The zero-order chi connectivity index (χ0) is 22.9. The molecule has 2 saturated heterocycles. The molecule has 12 atom stereocenters. The highest BCUT2D eigenvalue weighted by atomic mass is 16.7. The molecular formula is C27H44O5. The van der Waals surface area contributed by atoms with Crippen molar-refractivity contribution in [1.82, 2.24) is 0 Å². The van der Waals surface area contributed by atoms with Gasteiger partial charge in [-0.2, -0.15) is 0 Å². The minimum Gasteiger partial charge on any atom is -0.393 e. The standard InChI is InChI=1S/C27H44O5/c1-23(2)13-27(31-14-23)26(5,30)22-20(32-27)11-18-17-7-6-15-10-16(28)8-9-24(15,3)21(17)19(29)12-25(18,22)4/h15-22,28-30H,6-14H2,1-5H3/t15-,16+,17-,18-,19-,20-,21+,22-,24-,25-,26+,27+/m0/s1. The van der Waals surface area contributed by atoms with Gasteiger partial charge in [0.05, 0.1) is 24.9 Å². The van der Waals surface area contributed by atoms with Crippen LogP contribution in [-0.4, -0.2) is 51.6 Å². The molecule has 3 N–H and O–H groups in total. The van der Waals surface area contributed by atoms with Crippen LogP contribution in [0.3, 0.4) is 0 Å². The van der Waals surface area contributed by atoms with Gasteiger partial charge in [0.1, 0.15) is 5.60 Å². The Morgan fingerprint density at radius 3 is 2.34 bits per heavy atom. The van der Waals surface area contributed by atoms with E-state index in [-0.39, 0.29) is 40.5 Å². The van der Waals surface area contributed by atoms with Crippen LogP contribution in [0.15, 0.2) is 0 Å². The second-order valence-electron chi connectivity index (χ2n) is 14.2. The maximum absolute atomic E-state index is 12.0. The normalized spacial score (nSPS) is 63.0. The smallest absolute Gasteiger partial charge is 0.198 e. The van der Waals surface area contributed by atoms with Crippen molar-refractivity contribution in [3.8, 4) is 0 Å². The van der Waals surface area contributed by atoms with Crippen LogP contribution in [0.1, 0.15) is 86.0 Å². The van der Waals surface area contributed by atoms with E-state index in [0.29, 0.717) is 30.3 Å². The van der Waals surface area contributed by atoms with Crippen LogP contribution in [0.25, 0.3) is 0 Å². The lowest BCUT2D eigenvalue weighted by molar-refractivity contribution is -0.276. The molecular weight excluding hydrogens is 404 g/mol. The summed E-state index contributed by atoms with van der Waals surface area (Å²) in [6, 6.07) is 0. The Kier molecular flexibility index (Phi) is 4.53. The molecule has 2 heterocycles. The second kappa shape index (κ2) is 6.51. The molecule has 0 aromatic rings. The van der Waals surface area contributed by atoms with E-state index in [2.05, 4.69) is 27.7 Å². The van der Waals surface area contributed by atoms with Crippen LogP contribution < -0.4 is 0 Å². The van der Waals surface area contributed by atoms with E-state index in [4.69, 9.17) is 9.47 Å². The van der Waals surface area contributed by atoms with Gasteiger partial charge in [-0.25, -0.2) is 0 Å². The Balaban J connectivity index is 1.34. The summed E-state index contributed by atoms with van der Waals surface area (Å²) in [5.41, 5.74) is -1.09. The molecule has 0 aromatic carbocycles. The molecule has 32 heavy (non-hydrogen) atoms. The number of aliphatic hydroxyl groups excluding tert-OH is 2. The van der Waals surface area contributed by atoms with E-state index >= 15 is 0 Å². The van der Waals surface area contributed by atoms with Gasteiger partial charge in [-0.1, -0.05) is 27.7 Å². The molecule has 4 aliphatic carbocycles. The maximum atomic E-state index is 12.0. The van der Waals surface area contributed by atoms with Crippen LogP contribution in [0.2, 0.25) is 0 Å². The van der Waals surface area contributed by atoms with Gasteiger partial charge < -0.3 is 24.8 Å². The highest BCUT2D eigenvalue weighted by molar-refractivity contribution is 5.22. The van der Waals surface area contributed by atoms with Gasteiger partial charge in [0, 0.05) is 12.3 Å². The molecule has 2 aliphatic heterocycles. The Hall–Kier alpha value is -0.200. The van der Waals surface area contributed by atoms with Crippen LogP contribution in [0, 0.1) is 45.8 Å². The predicted molar refractivity (Wildman–Crippen MR) is 121 cm³/mol. The highest BCUT2D eigenvalue weighted by Crippen LogP contribution is 2.72. The average Bonchev–Trinajstić information content (AvgIpc) is 3.23. The Morgan fingerprint density at radius 1 is 0.906 bits per heavy atom. The van der Waals surface area contributed by atoms with Crippen LogP contribution in [0.5, 0.6) is 0 Å². The Bertz CT molecular complexity index is 795. The lowest BCUT2D eigenvalue weighted by atomic mass is 9.43. The summed E-state index contributed by atoms with van der Waals surface area (Å²) >= 11 is 0. The van der Waals surface area contributed by atoms with Crippen LogP contribution in [-0.2, 0) is 9.47 Å². The van der Waals surface area contributed by atoms with E-state index in [0.717, 1.165) is 51.4 Å². The quantitative estimate of drug-likeness (QED) is 0.524. The zero-order valence-corrected chi connectivity index (χ0v) is 20.6. The summed E-state index contributed by atoms with van der Waals surface area (Å²) in [6.45, 7) is 11.7. The first-order valence-electron chi connectivity index (χ1n) is 13.2. The minimum atomic E-state index is -1.06. The second-order valence-corrected chi connectivity index (χ2v) is 14.2. The Morgan fingerprint density at radius 2 is 1.66 bits per heavy atom. The number of hydrogen-bond donors (Lipinski definition) is 3. The van der Waals surface area contributed by atoms with Crippen molar-refractivity contribution < 1.29 is 24.8 Å². The highest BCUT2D eigenvalue weighted by Gasteiger charge is 2.76. The van der Waals surface area contributed by atoms with Crippen molar-refractivity contribution in [1.29, 1.82) is 0 Å².